The molecule has 1 aliphatic rings. The van der Waals surface area contributed by atoms with Crippen molar-refractivity contribution in [1.29, 1.82) is 0 Å². The van der Waals surface area contributed by atoms with E-state index >= 15 is 0 Å². The number of thioether (sulfide) groups is 1. The first-order chi connectivity index (χ1) is 10.6. The summed E-state index contributed by atoms with van der Waals surface area (Å²) in [6, 6.07) is 8.11. The van der Waals surface area contributed by atoms with Gasteiger partial charge in [-0.05, 0) is 46.7 Å². The number of carbonyl (C=O) groups is 2. The Labute approximate surface area is 140 Å². The summed E-state index contributed by atoms with van der Waals surface area (Å²) in [5.41, 5.74) is 1.54. The second-order valence-electron chi connectivity index (χ2n) is 4.43. The molecule has 0 saturated carbocycles. The van der Waals surface area contributed by atoms with Crippen LogP contribution in [-0.2, 0) is 4.79 Å². The SMILES string of the molecule is O=C(O)c1cccc(N2C(=O)C(=Cc3ccsc3)SC2=S)c1. The number of benzene rings is 1. The number of carbonyl (C=O) groups excluding carboxylic acids is 1. The highest BCUT2D eigenvalue weighted by molar-refractivity contribution is 8.27. The van der Waals surface area contributed by atoms with Gasteiger partial charge in [0, 0.05) is 0 Å². The molecule has 0 atom stereocenters. The molecular formula is C15H9NO3S3. The minimum absolute atomic E-state index is 0.119. The molecule has 22 heavy (non-hydrogen) atoms. The van der Waals surface area contributed by atoms with E-state index in [-0.39, 0.29) is 11.5 Å². The maximum Gasteiger partial charge on any atom is 0.335 e. The number of hydrogen-bond acceptors (Lipinski definition) is 5. The third-order valence-corrected chi connectivity index (χ3v) is 4.99. The van der Waals surface area contributed by atoms with Gasteiger partial charge in [-0.2, -0.15) is 11.3 Å². The summed E-state index contributed by atoms with van der Waals surface area (Å²) in [6.45, 7) is 0. The molecule has 1 N–H and O–H groups in total. The lowest BCUT2D eigenvalue weighted by Gasteiger charge is -2.14. The Hall–Kier alpha value is -1.96. The number of amides is 1. The van der Waals surface area contributed by atoms with Gasteiger partial charge in [-0.3, -0.25) is 9.69 Å². The van der Waals surface area contributed by atoms with Crippen LogP contribution in [0.1, 0.15) is 15.9 Å². The number of carboxylic acids is 1. The van der Waals surface area contributed by atoms with Gasteiger partial charge in [0.1, 0.15) is 0 Å². The average Bonchev–Trinajstić information content (AvgIpc) is 3.08. The maximum absolute atomic E-state index is 12.5. The van der Waals surface area contributed by atoms with Crippen molar-refractivity contribution in [3.8, 4) is 0 Å². The summed E-state index contributed by atoms with van der Waals surface area (Å²) in [5.74, 6) is -1.27. The molecule has 110 valence electrons. The Morgan fingerprint density at radius 3 is 2.82 bits per heavy atom. The average molecular weight is 347 g/mol. The molecule has 1 amide bonds. The van der Waals surface area contributed by atoms with E-state index in [1.165, 1.54) is 28.8 Å². The van der Waals surface area contributed by atoms with Crippen molar-refractivity contribution in [3.63, 3.8) is 0 Å². The van der Waals surface area contributed by atoms with Crippen LogP contribution < -0.4 is 4.90 Å². The molecule has 0 spiro atoms. The van der Waals surface area contributed by atoms with Gasteiger partial charge >= 0.3 is 5.97 Å². The van der Waals surface area contributed by atoms with E-state index in [1.54, 1.807) is 29.5 Å². The fraction of sp³-hybridized carbons (Fsp3) is 0. The number of aromatic carboxylic acids is 1. The number of nitrogens with zero attached hydrogens (tertiary/aromatic N) is 1. The Kier molecular flexibility index (Phi) is 4.10. The first-order valence-electron chi connectivity index (χ1n) is 6.20. The molecule has 1 aliphatic heterocycles. The molecule has 2 heterocycles. The highest BCUT2D eigenvalue weighted by Gasteiger charge is 2.33. The van der Waals surface area contributed by atoms with Crippen molar-refractivity contribution >= 4 is 63.3 Å². The second kappa shape index (κ2) is 6.04. The topological polar surface area (TPSA) is 57.6 Å². The minimum atomic E-state index is -1.04. The molecule has 4 nitrogen and oxygen atoms in total. The zero-order chi connectivity index (χ0) is 15.7. The number of thiophene rings is 1. The van der Waals surface area contributed by atoms with Gasteiger partial charge in [0.2, 0.25) is 0 Å². The predicted octanol–water partition coefficient (Wildman–Crippen LogP) is 3.85. The van der Waals surface area contributed by atoms with Crippen LogP contribution in [0.15, 0.2) is 46.0 Å². The Morgan fingerprint density at radius 1 is 1.32 bits per heavy atom. The van der Waals surface area contributed by atoms with Crippen LogP contribution in [0.4, 0.5) is 5.69 Å². The number of hydrogen-bond donors (Lipinski definition) is 1. The fourth-order valence-corrected chi connectivity index (χ4v) is 3.89. The summed E-state index contributed by atoms with van der Waals surface area (Å²) < 4.78 is 0.397. The van der Waals surface area contributed by atoms with Gasteiger partial charge in [0.25, 0.3) is 5.91 Å². The van der Waals surface area contributed by atoms with Crippen LogP contribution in [0, 0.1) is 0 Å². The highest BCUT2D eigenvalue weighted by Crippen LogP contribution is 2.36. The third kappa shape index (κ3) is 2.83. The molecule has 2 aromatic rings. The van der Waals surface area contributed by atoms with Crippen molar-refractivity contribution in [2.24, 2.45) is 0 Å². The molecular weight excluding hydrogens is 338 g/mol. The van der Waals surface area contributed by atoms with E-state index in [4.69, 9.17) is 17.3 Å². The zero-order valence-electron chi connectivity index (χ0n) is 11.1. The second-order valence-corrected chi connectivity index (χ2v) is 6.89. The molecule has 0 radical (unpaired) electrons. The van der Waals surface area contributed by atoms with E-state index in [2.05, 4.69) is 0 Å². The first kappa shape index (κ1) is 15.0. The van der Waals surface area contributed by atoms with Crippen molar-refractivity contribution in [3.05, 3.63) is 57.1 Å². The molecule has 1 aromatic heterocycles. The van der Waals surface area contributed by atoms with Crippen LogP contribution in [0.3, 0.4) is 0 Å². The quantitative estimate of drug-likeness (QED) is 0.675. The summed E-state index contributed by atoms with van der Waals surface area (Å²) in [6.07, 6.45) is 1.79. The van der Waals surface area contributed by atoms with Crippen LogP contribution in [0.2, 0.25) is 0 Å². The van der Waals surface area contributed by atoms with Gasteiger partial charge in [-0.15, -0.1) is 0 Å². The number of thiocarbonyl (C=S) groups is 1. The fourth-order valence-electron chi connectivity index (χ4n) is 1.98. The van der Waals surface area contributed by atoms with Gasteiger partial charge in [0.15, 0.2) is 4.32 Å². The zero-order valence-corrected chi connectivity index (χ0v) is 13.5. The summed E-state index contributed by atoms with van der Waals surface area (Å²) in [5, 5.41) is 12.9. The standard InChI is InChI=1S/C15H9NO3S3/c17-13-12(6-9-4-5-21-8-9)22-15(20)16(13)11-3-1-2-10(7-11)14(18)19/h1-8H,(H,18,19). The Morgan fingerprint density at radius 2 is 2.14 bits per heavy atom. The Bertz CT molecular complexity index is 796. The van der Waals surface area contributed by atoms with Gasteiger partial charge < -0.3 is 5.11 Å². The highest BCUT2D eigenvalue weighted by atomic mass is 32.2. The molecule has 0 bridgehead atoms. The van der Waals surface area contributed by atoms with E-state index in [0.717, 1.165) is 5.56 Å². The summed E-state index contributed by atoms with van der Waals surface area (Å²) >= 11 is 8.03. The number of carboxylic acid groups (broad SMARTS) is 1. The maximum atomic E-state index is 12.5. The monoisotopic (exact) mass is 347 g/mol. The normalized spacial score (nSPS) is 16.5. The molecule has 1 saturated heterocycles. The summed E-state index contributed by atoms with van der Waals surface area (Å²) in [4.78, 5) is 25.5. The van der Waals surface area contributed by atoms with Crippen LogP contribution in [-0.4, -0.2) is 21.3 Å². The lowest BCUT2D eigenvalue weighted by molar-refractivity contribution is -0.113. The third-order valence-electron chi connectivity index (χ3n) is 2.99. The van der Waals surface area contributed by atoms with Crippen molar-refractivity contribution in [2.45, 2.75) is 0 Å². The van der Waals surface area contributed by atoms with Gasteiger partial charge in [-0.25, -0.2) is 4.79 Å². The largest absolute Gasteiger partial charge is 0.478 e. The smallest absolute Gasteiger partial charge is 0.335 e. The predicted molar refractivity (Wildman–Crippen MR) is 93.4 cm³/mol. The molecule has 3 rings (SSSR count). The van der Waals surface area contributed by atoms with Crippen LogP contribution in [0.25, 0.3) is 6.08 Å². The number of rotatable bonds is 3. The lowest BCUT2D eigenvalue weighted by atomic mass is 10.2. The molecule has 0 aliphatic carbocycles. The molecule has 7 heteroatoms. The van der Waals surface area contributed by atoms with E-state index < -0.39 is 5.97 Å². The van der Waals surface area contributed by atoms with E-state index in [9.17, 15) is 9.59 Å². The van der Waals surface area contributed by atoms with Crippen LogP contribution >= 0.6 is 35.3 Å². The van der Waals surface area contributed by atoms with E-state index in [0.29, 0.717) is 14.9 Å². The van der Waals surface area contributed by atoms with Crippen molar-refractivity contribution in [2.75, 3.05) is 4.90 Å². The van der Waals surface area contributed by atoms with Gasteiger partial charge in [0.05, 0.1) is 16.2 Å². The van der Waals surface area contributed by atoms with E-state index in [1.807, 2.05) is 16.8 Å². The summed E-state index contributed by atoms with van der Waals surface area (Å²) in [7, 11) is 0. The first-order valence-corrected chi connectivity index (χ1v) is 8.36. The molecule has 1 fully saturated rings. The lowest BCUT2D eigenvalue weighted by Crippen LogP contribution is -2.27. The van der Waals surface area contributed by atoms with Crippen molar-refractivity contribution in [1.82, 2.24) is 0 Å². The van der Waals surface area contributed by atoms with Crippen LogP contribution in [0.5, 0.6) is 0 Å². The molecule has 1 aromatic carbocycles. The van der Waals surface area contributed by atoms with Crippen molar-refractivity contribution < 1.29 is 14.7 Å². The minimum Gasteiger partial charge on any atom is -0.478 e. The Balaban J connectivity index is 1.95. The van der Waals surface area contributed by atoms with Gasteiger partial charge in [-0.1, -0.05) is 30.0 Å². The molecule has 0 unspecified atom stereocenters. The number of anilines is 1.